The number of thioether (sulfide) groups is 1. The van der Waals surface area contributed by atoms with Crippen LogP contribution in [-0.4, -0.2) is 53.1 Å². The molecule has 1 aromatic carbocycles. The summed E-state index contributed by atoms with van der Waals surface area (Å²) in [5, 5.41) is -0.863. The Morgan fingerprint density at radius 3 is 2.19 bits per heavy atom. The van der Waals surface area contributed by atoms with Gasteiger partial charge in [0.15, 0.2) is 8.32 Å². The van der Waals surface area contributed by atoms with Crippen LogP contribution in [0.15, 0.2) is 41.6 Å². The normalized spacial score (nSPS) is 19.1. The Kier molecular flexibility index (Phi) is 10.7. The topological polar surface area (TPSA) is 72.9 Å². The van der Waals surface area contributed by atoms with Crippen LogP contribution < -0.4 is 0 Å². The molecule has 0 N–H and O–H groups in total. The van der Waals surface area contributed by atoms with Gasteiger partial charge in [0, 0.05) is 5.56 Å². The highest BCUT2D eigenvalue weighted by Gasteiger charge is 2.56. The summed E-state index contributed by atoms with van der Waals surface area (Å²) in [5.41, 5.74) is 1.21. The van der Waals surface area contributed by atoms with Gasteiger partial charge in [-0.3, -0.25) is 14.5 Å². The van der Waals surface area contributed by atoms with E-state index in [1.54, 1.807) is 38.1 Å². The van der Waals surface area contributed by atoms with Crippen molar-refractivity contribution in [2.24, 2.45) is 5.92 Å². The summed E-state index contributed by atoms with van der Waals surface area (Å²) in [4.78, 5) is 40.3. The molecule has 0 aromatic heterocycles. The zero-order valence-corrected chi connectivity index (χ0v) is 25.6. The van der Waals surface area contributed by atoms with Crippen molar-refractivity contribution in [3.63, 3.8) is 0 Å². The lowest BCUT2D eigenvalue weighted by Crippen LogP contribution is -2.65. The van der Waals surface area contributed by atoms with Crippen molar-refractivity contribution >= 4 is 60.3 Å². The molecule has 1 aromatic rings. The molecular formula is C26H37Cl2NO5SSi. The van der Waals surface area contributed by atoms with Crippen molar-refractivity contribution < 1.29 is 23.5 Å². The fraction of sp³-hybridized carbons (Fsp3) is 0.577. The summed E-state index contributed by atoms with van der Waals surface area (Å²) in [7, 11) is -2.21. The number of nitrogens with zero attached hydrogens (tertiary/aromatic N) is 1. The highest BCUT2D eigenvalue weighted by Crippen LogP contribution is 2.46. The van der Waals surface area contributed by atoms with Crippen molar-refractivity contribution in [3.05, 3.63) is 47.2 Å². The van der Waals surface area contributed by atoms with Crippen molar-refractivity contribution in [1.29, 1.82) is 0 Å². The maximum atomic E-state index is 13.7. The average molecular weight is 575 g/mol. The first kappa shape index (κ1) is 30.9. The van der Waals surface area contributed by atoms with Gasteiger partial charge in [-0.2, -0.15) is 0 Å². The molecule has 0 spiro atoms. The molecule has 6 nitrogen and oxygen atoms in total. The Morgan fingerprint density at radius 1 is 1.14 bits per heavy atom. The van der Waals surface area contributed by atoms with Crippen LogP contribution in [0.5, 0.6) is 0 Å². The molecule has 3 atom stereocenters. The number of allylic oxidation sites excluding steroid dienone is 1. The smallest absolute Gasteiger partial charge is 0.355 e. The minimum absolute atomic E-state index is 0.0516. The molecule has 0 bridgehead atoms. The number of likely N-dealkylation sites (tertiary alicyclic amines) is 1. The largest absolute Gasteiger partial charge is 0.458 e. The van der Waals surface area contributed by atoms with Gasteiger partial charge in [0.1, 0.15) is 22.5 Å². The van der Waals surface area contributed by atoms with Crippen molar-refractivity contribution in [2.45, 2.75) is 82.4 Å². The van der Waals surface area contributed by atoms with Crippen LogP contribution in [0.3, 0.4) is 0 Å². The Labute approximate surface area is 230 Å². The van der Waals surface area contributed by atoms with Gasteiger partial charge in [-0.25, -0.2) is 4.79 Å². The number of hydrogen-bond acceptors (Lipinski definition) is 6. The third-order valence-electron chi connectivity index (χ3n) is 6.62. The molecule has 1 amide bonds. The lowest BCUT2D eigenvalue weighted by atomic mass is 9.89. The van der Waals surface area contributed by atoms with Crippen LogP contribution in [0.2, 0.25) is 18.1 Å². The Balaban J connectivity index is 2.45. The molecule has 1 aliphatic rings. The van der Waals surface area contributed by atoms with E-state index < -0.39 is 30.4 Å². The van der Waals surface area contributed by atoms with Crippen molar-refractivity contribution in [2.75, 3.05) is 6.61 Å². The zero-order valence-electron chi connectivity index (χ0n) is 22.3. The number of rotatable bonds is 10. The average Bonchev–Trinajstić information content (AvgIpc) is 2.79. The molecule has 1 aliphatic heterocycles. The molecule has 0 saturated carbocycles. The summed E-state index contributed by atoms with van der Waals surface area (Å²) in [5.74, 6) is -1.55. The summed E-state index contributed by atoms with van der Waals surface area (Å²) in [6.45, 7) is 15.9. The first-order valence-electron chi connectivity index (χ1n) is 12.0. The van der Waals surface area contributed by atoms with Gasteiger partial charge in [0.25, 0.3) is 0 Å². The number of ether oxygens (including phenoxy) is 1. The number of halogens is 2. The van der Waals surface area contributed by atoms with E-state index in [4.69, 9.17) is 32.4 Å². The molecular weight excluding hydrogens is 537 g/mol. The molecule has 1 saturated heterocycles. The molecule has 0 aliphatic carbocycles. The molecule has 2 rings (SSSR count). The second-order valence-corrected chi connectivity index (χ2v) is 17.7. The number of alkyl halides is 2. The van der Waals surface area contributed by atoms with E-state index in [0.29, 0.717) is 17.6 Å². The predicted octanol–water partition coefficient (Wildman–Crippen LogP) is 6.79. The van der Waals surface area contributed by atoms with Gasteiger partial charge in [0.2, 0.25) is 11.0 Å². The highest BCUT2D eigenvalue weighted by molar-refractivity contribution is 8.14. The number of hydrogen-bond donors (Lipinski definition) is 0. The fourth-order valence-corrected chi connectivity index (χ4v) is 6.45. The van der Waals surface area contributed by atoms with E-state index in [2.05, 4.69) is 33.9 Å². The van der Waals surface area contributed by atoms with Crippen LogP contribution in [0.25, 0.3) is 0 Å². The first-order chi connectivity index (χ1) is 16.6. The zero-order chi connectivity index (χ0) is 27.4. The lowest BCUT2D eigenvalue weighted by Gasteiger charge is -2.51. The number of carbonyl (C=O) groups excluding carboxylic acids is 3. The predicted molar refractivity (Wildman–Crippen MR) is 150 cm³/mol. The van der Waals surface area contributed by atoms with Crippen LogP contribution >= 0.6 is 35.0 Å². The van der Waals surface area contributed by atoms with Crippen molar-refractivity contribution in [1.82, 2.24) is 4.90 Å². The Hall–Kier alpha value is -1.32. The molecule has 1 fully saturated rings. The van der Waals surface area contributed by atoms with E-state index in [1.807, 2.05) is 13.0 Å². The monoisotopic (exact) mass is 573 g/mol. The molecule has 0 radical (unpaired) electrons. The summed E-state index contributed by atoms with van der Waals surface area (Å²) in [6, 6.07) is 8.88. The number of benzene rings is 1. The van der Waals surface area contributed by atoms with Gasteiger partial charge >= 0.3 is 5.97 Å². The van der Waals surface area contributed by atoms with Crippen LogP contribution in [0.4, 0.5) is 0 Å². The van der Waals surface area contributed by atoms with Crippen molar-refractivity contribution in [3.8, 4) is 0 Å². The maximum absolute atomic E-state index is 13.7. The van der Waals surface area contributed by atoms with Gasteiger partial charge in [-0.05, 0) is 44.0 Å². The number of β-lactam (4-membered cyclic amide) rings is 1. The first-order valence-corrected chi connectivity index (χ1v) is 16.7. The SMILES string of the molecule is CCC(O[Si](C)(C)C(C)(C)C)C1C(=O)N(C(C(=O)OCC(Cl)Cl)=C(C)C)C1SC(=O)c1ccccc1. The molecule has 1 heterocycles. The molecule has 3 unspecified atom stereocenters. The second-order valence-electron chi connectivity index (χ2n) is 10.6. The summed E-state index contributed by atoms with van der Waals surface area (Å²) in [6.07, 6.45) is 0.211. The maximum Gasteiger partial charge on any atom is 0.355 e. The summed E-state index contributed by atoms with van der Waals surface area (Å²) >= 11 is 12.5. The van der Waals surface area contributed by atoms with Crippen LogP contribution in [0, 0.1) is 5.92 Å². The highest BCUT2D eigenvalue weighted by atomic mass is 35.5. The third kappa shape index (κ3) is 7.16. The summed E-state index contributed by atoms with van der Waals surface area (Å²) < 4.78 is 11.9. The minimum Gasteiger partial charge on any atom is -0.458 e. The molecule has 200 valence electrons. The van der Waals surface area contributed by atoms with E-state index in [0.717, 1.165) is 11.8 Å². The van der Waals surface area contributed by atoms with Gasteiger partial charge < -0.3 is 9.16 Å². The number of esters is 1. The van der Waals surface area contributed by atoms with E-state index in [1.165, 1.54) is 4.90 Å². The number of amides is 1. The lowest BCUT2D eigenvalue weighted by molar-refractivity contribution is -0.159. The number of carbonyl (C=O) groups is 3. The quantitative estimate of drug-likeness (QED) is 0.101. The van der Waals surface area contributed by atoms with Crippen LogP contribution in [0.1, 0.15) is 58.3 Å². The van der Waals surface area contributed by atoms with Gasteiger partial charge in [-0.15, -0.1) is 23.2 Å². The van der Waals surface area contributed by atoms with Gasteiger partial charge in [0.05, 0.1) is 12.0 Å². The Morgan fingerprint density at radius 2 is 1.72 bits per heavy atom. The van der Waals surface area contributed by atoms with E-state index in [-0.39, 0.29) is 34.5 Å². The second kappa shape index (κ2) is 12.5. The van der Waals surface area contributed by atoms with E-state index >= 15 is 0 Å². The third-order valence-corrected chi connectivity index (χ3v) is 12.6. The molecule has 36 heavy (non-hydrogen) atoms. The molecule has 10 heteroatoms. The Bertz CT molecular complexity index is 990. The fourth-order valence-electron chi connectivity index (χ4n) is 3.66. The van der Waals surface area contributed by atoms with Gasteiger partial charge in [-0.1, -0.05) is 69.8 Å². The minimum atomic E-state index is -2.21. The van der Waals surface area contributed by atoms with E-state index in [9.17, 15) is 14.4 Å². The standard InChI is InChI=1S/C26H37Cl2NO5SSi/c1-9-18(34-36(7,8)26(4,5)6)20-22(30)29(21(16(2)3)24(31)33-15-19(27)28)23(20)35-25(32)17-13-11-10-12-14-17/h10-14,18-20,23H,9,15H2,1-8H3. The van der Waals surface area contributed by atoms with Crippen LogP contribution in [-0.2, 0) is 18.8 Å².